The molecule has 1 unspecified atom stereocenters. The monoisotopic (exact) mass is 462 g/mol. The van der Waals surface area contributed by atoms with Crippen molar-refractivity contribution in [2.24, 2.45) is 5.92 Å². The van der Waals surface area contributed by atoms with Gasteiger partial charge in [0.15, 0.2) is 9.84 Å². The second-order valence-corrected chi connectivity index (χ2v) is 12.4. The number of rotatable bonds is 5. The van der Waals surface area contributed by atoms with E-state index in [1.807, 2.05) is 0 Å². The molecule has 28 heavy (non-hydrogen) atoms. The van der Waals surface area contributed by atoms with Gasteiger partial charge in [0, 0.05) is 19.3 Å². The standard InChI is InChI=1S/C17H19ClN2O5S3/c1-27(22,23)14-7-3-2-6-13(14)19-17(21)12-5-4-10-20(11-12)28(24,25)16-9-8-15(18)26-16/h2-3,6-9,12H,4-5,10-11H2,1H3,(H,19,21). The van der Waals surface area contributed by atoms with Crippen LogP contribution >= 0.6 is 22.9 Å². The second kappa shape index (κ2) is 8.11. The van der Waals surface area contributed by atoms with Crippen molar-refractivity contribution in [3.63, 3.8) is 0 Å². The third-order valence-corrected chi connectivity index (χ3v) is 9.16. The fourth-order valence-corrected chi connectivity index (χ4v) is 7.07. The van der Waals surface area contributed by atoms with E-state index in [1.54, 1.807) is 12.1 Å². The third kappa shape index (κ3) is 4.57. The minimum Gasteiger partial charge on any atom is -0.325 e. The lowest BCUT2D eigenvalue weighted by Gasteiger charge is -2.30. The van der Waals surface area contributed by atoms with Crippen LogP contribution in [-0.2, 0) is 24.7 Å². The van der Waals surface area contributed by atoms with Gasteiger partial charge in [-0.2, -0.15) is 4.31 Å². The molecule has 152 valence electrons. The van der Waals surface area contributed by atoms with Gasteiger partial charge in [0.2, 0.25) is 5.91 Å². The lowest BCUT2D eigenvalue weighted by molar-refractivity contribution is -0.120. The quantitative estimate of drug-likeness (QED) is 0.736. The van der Waals surface area contributed by atoms with E-state index in [2.05, 4.69) is 5.32 Å². The number of carbonyl (C=O) groups is 1. The molecule has 2 aromatic rings. The van der Waals surface area contributed by atoms with E-state index in [4.69, 9.17) is 11.6 Å². The molecule has 0 radical (unpaired) electrons. The zero-order valence-electron chi connectivity index (χ0n) is 15.0. The van der Waals surface area contributed by atoms with E-state index in [9.17, 15) is 21.6 Å². The molecule has 7 nitrogen and oxygen atoms in total. The van der Waals surface area contributed by atoms with Crippen molar-refractivity contribution in [1.29, 1.82) is 0 Å². The van der Waals surface area contributed by atoms with Crippen LogP contribution in [0.4, 0.5) is 5.69 Å². The van der Waals surface area contributed by atoms with Crippen molar-refractivity contribution < 1.29 is 21.6 Å². The maximum atomic E-state index is 12.8. The number of benzene rings is 1. The average molecular weight is 463 g/mol. The maximum Gasteiger partial charge on any atom is 0.252 e. The molecule has 0 saturated carbocycles. The Hall–Kier alpha value is -1.46. The number of nitrogens with zero attached hydrogens (tertiary/aromatic N) is 1. The molecule has 1 aromatic carbocycles. The molecule has 0 spiro atoms. The number of sulfone groups is 1. The predicted octanol–water partition coefficient (Wildman–Crippen LogP) is 2.84. The number of carbonyl (C=O) groups excluding carboxylic acids is 1. The summed E-state index contributed by atoms with van der Waals surface area (Å²) in [6.07, 6.45) is 2.12. The zero-order valence-corrected chi connectivity index (χ0v) is 18.2. The molecule has 0 aliphatic carbocycles. The van der Waals surface area contributed by atoms with E-state index in [-0.39, 0.29) is 21.3 Å². The first-order chi connectivity index (χ1) is 13.1. The first kappa shape index (κ1) is 21.3. The van der Waals surface area contributed by atoms with Crippen LogP contribution < -0.4 is 5.32 Å². The number of thiophene rings is 1. The topological polar surface area (TPSA) is 101 Å². The molecule has 3 rings (SSSR count). The Morgan fingerprint density at radius 3 is 2.54 bits per heavy atom. The second-order valence-electron chi connectivity index (χ2n) is 6.52. The molecular formula is C17H19ClN2O5S3. The minimum atomic E-state index is -3.72. The molecular weight excluding hydrogens is 444 g/mol. The van der Waals surface area contributed by atoms with Gasteiger partial charge < -0.3 is 5.32 Å². The van der Waals surface area contributed by atoms with Crippen LogP contribution in [-0.4, -0.2) is 46.4 Å². The normalized spacial score (nSPS) is 18.7. The van der Waals surface area contributed by atoms with Crippen molar-refractivity contribution in [3.05, 3.63) is 40.7 Å². The molecule has 1 aliphatic heterocycles. The van der Waals surface area contributed by atoms with E-state index in [0.717, 1.165) is 17.6 Å². The summed E-state index contributed by atoms with van der Waals surface area (Å²) < 4.78 is 51.2. The van der Waals surface area contributed by atoms with Gasteiger partial charge in [0.25, 0.3) is 10.0 Å². The van der Waals surface area contributed by atoms with Gasteiger partial charge in [0.1, 0.15) is 4.21 Å². The van der Waals surface area contributed by atoms with Gasteiger partial charge in [-0.3, -0.25) is 4.79 Å². The number of sulfonamides is 1. The highest BCUT2D eigenvalue weighted by atomic mass is 35.5. The molecule has 1 saturated heterocycles. The molecule has 1 aliphatic rings. The highest BCUT2D eigenvalue weighted by Crippen LogP contribution is 2.31. The number of hydrogen-bond acceptors (Lipinski definition) is 6. The van der Waals surface area contributed by atoms with Crippen LogP contribution in [0.5, 0.6) is 0 Å². The molecule has 1 amide bonds. The fraction of sp³-hybridized carbons (Fsp3) is 0.353. The summed E-state index contributed by atoms with van der Waals surface area (Å²) in [5.74, 6) is -0.980. The van der Waals surface area contributed by atoms with Gasteiger partial charge in [-0.05, 0) is 37.1 Å². The summed E-state index contributed by atoms with van der Waals surface area (Å²) in [6.45, 7) is 0.353. The first-order valence-electron chi connectivity index (χ1n) is 8.44. The van der Waals surface area contributed by atoms with Crippen molar-refractivity contribution in [3.8, 4) is 0 Å². The summed E-state index contributed by atoms with van der Waals surface area (Å²) >= 11 is 6.82. The van der Waals surface area contributed by atoms with Crippen molar-refractivity contribution >= 4 is 54.4 Å². The lowest BCUT2D eigenvalue weighted by Crippen LogP contribution is -2.43. The van der Waals surface area contributed by atoms with E-state index in [1.165, 1.54) is 28.6 Å². The van der Waals surface area contributed by atoms with Crippen LogP contribution in [0.25, 0.3) is 0 Å². The third-order valence-electron chi connectivity index (χ3n) is 4.44. The number of halogens is 1. The number of hydrogen-bond donors (Lipinski definition) is 1. The molecule has 0 bridgehead atoms. The summed E-state index contributed by atoms with van der Waals surface area (Å²) in [7, 11) is -7.23. The maximum absolute atomic E-state index is 12.8. The van der Waals surface area contributed by atoms with Crippen LogP contribution in [0.2, 0.25) is 4.34 Å². The largest absolute Gasteiger partial charge is 0.325 e. The summed E-state index contributed by atoms with van der Waals surface area (Å²) in [6, 6.07) is 9.11. The Kier molecular flexibility index (Phi) is 6.16. The van der Waals surface area contributed by atoms with E-state index < -0.39 is 31.7 Å². The van der Waals surface area contributed by atoms with Gasteiger partial charge in [-0.25, -0.2) is 16.8 Å². The van der Waals surface area contributed by atoms with Crippen molar-refractivity contribution in [2.75, 3.05) is 24.7 Å². The van der Waals surface area contributed by atoms with Gasteiger partial charge in [0.05, 0.1) is 20.8 Å². The Labute approximate surface area is 173 Å². The number of piperidine rings is 1. The Balaban J connectivity index is 1.77. The Morgan fingerprint density at radius 2 is 1.89 bits per heavy atom. The van der Waals surface area contributed by atoms with Gasteiger partial charge >= 0.3 is 0 Å². The first-order valence-corrected chi connectivity index (χ1v) is 13.0. The Morgan fingerprint density at radius 1 is 1.18 bits per heavy atom. The number of para-hydroxylation sites is 1. The molecule has 11 heteroatoms. The smallest absolute Gasteiger partial charge is 0.252 e. The summed E-state index contributed by atoms with van der Waals surface area (Å²) in [5.41, 5.74) is 0.194. The minimum absolute atomic E-state index is 0.0249. The molecule has 1 fully saturated rings. The molecule has 2 heterocycles. The number of nitrogens with one attached hydrogen (secondary N) is 1. The molecule has 1 aromatic heterocycles. The van der Waals surface area contributed by atoms with Crippen molar-refractivity contribution in [1.82, 2.24) is 4.31 Å². The number of anilines is 1. The van der Waals surface area contributed by atoms with Gasteiger partial charge in [-0.15, -0.1) is 11.3 Å². The van der Waals surface area contributed by atoms with E-state index in [0.29, 0.717) is 23.7 Å². The SMILES string of the molecule is CS(=O)(=O)c1ccccc1NC(=O)C1CCCN(S(=O)(=O)c2ccc(Cl)s2)C1. The zero-order chi connectivity index (χ0) is 20.5. The molecule has 1 atom stereocenters. The predicted molar refractivity (Wildman–Crippen MR) is 109 cm³/mol. The van der Waals surface area contributed by atoms with E-state index >= 15 is 0 Å². The number of amides is 1. The van der Waals surface area contributed by atoms with Crippen LogP contribution in [0.3, 0.4) is 0 Å². The average Bonchev–Trinajstić information content (AvgIpc) is 3.08. The van der Waals surface area contributed by atoms with Crippen LogP contribution in [0.15, 0.2) is 45.5 Å². The Bertz CT molecular complexity index is 1100. The fourth-order valence-electron chi connectivity index (χ4n) is 3.07. The van der Waals surface area contributed by atoms with Crippen LogP contribution in [0, 0.1) is 5.92 Å². The summed E-state index contributed by atoms with van der Waals surface area (Å²) in [4.78, 5) is 12.7. The lowest BCUT2D eigenvalue weighted by atomic mass is 9.99. The summed E-state index contributed by atoms with van der Waals surface area (Å²) in [5, 5.41) is 2.64. The van der Waals surface area contributed by atoms with Gasteiger partial charge in [-0.1, -0.05) is 23.7 Å². The molecule has 1 N–H and O–H groups in total. The van der Waals surface area contributed by atoms with Crippen LogP contribution in [0.1, 0.15) is 12.8 Å². The highest BCUT2D eigenvalue weighted by Gasteiger charge is 2.34. The highest BCUT2D eigenvalue weighted by molar-refractivity contribution is 7.91. The van der Waals surface area contributed by atoms with Crippen molar-refractivity contribution in [2.45, 2.75) is 21.9 Å².